The van der Waals surface area contributed by atoms with Crippen molar-refractivity contribution >= 4 is 19.7 Å². The highest BCUT2D eigenvalue weighted by atomic mass is 32.2. The van der Waals surface area contributed by atoms with E-state index in [-0.39, 0.29) is 68.4 Å². The van der Waals surface area contributed by atoms with Crippen LogP contribution in [0.1, 0.15) is 22.3 Å². The molecule has 0 aliphatic carbocycles. The zero-order valence-corrected chi connectivity index (χ0v) is 23.7. The summed E-state index contributed by atoms with van der Waals surface area (Å²) in [7, 11) is -8.49. The standard InChI is InChI=1S/C32H28O7S2/c1-3-8-24-18-26(16-17-28(24)33)41(36,37)32-27(9-4-2)31-30(40(34,35)25-10-6-5-7-11-25)19-29(32)38-20-22-12-14-23(15-13-22)21-39-31/h3-7,10-19,33H,1-2,8-9,20-21H2. The molecule has 0 amide bonds. The minimum Gasteiger partial charge on any atom is -0.508 e. The van der Waals surface area contributed by atoms with E-state index in [4.69, 9.17) is 9.47 Å². The van der Waals surface area contributed by atoms with Crippen LogP contribution in [0.5, 0.6) is 17.2 Å². The average molecular weight is 589 g/mol. The summed E-state index contributed by atoms with van der Waals surface area (Å²) >= 11 is 0. The molecule has 0 aromatic heterocycles. The van der Waals surface area contributed by atoms with Crippen LogP contribution in [0.15, 0.2) is 124 Å². The second kappa shape index (κ2) is 11.3. The van der Waals surface area contributed by atoms with Crippen molar-refractivity contribution in [3.8, 4) is 17.2 Å². The highest BCUT2D eigenvalue weighted by Crippen LogP contribution is 2.45. The molecule has 4 aliphatic rings. The number of hydrogen-bond acceptors (Lipinski definition) is 7. The van der Waals surface area contributed by atoms with Gasteiger partial charge in [0.25, 0.3) is 0 Å². The van der Waals surface area contributed by atoms with Crippen LogP contribution < -0.4 is 9.47 Å². The number of phenols is 1. The number of hydrogen-bond donors (Lipinski definition) is 1. The molecule has 0 radical (unpaired) electrons. The number of benzene rings is 4. The third-order valence-electron chi connectivity index (χ3n) is 6.74. The van der Waals surface area contributed by atoms with Crippen molar-refractivity contribution in [3.05, 3.63) is 126 Å². The second-order valence-corrected chi connectivity index (χ2v) is 13.3. The molecule has 210 valence electrons. The highest BCUT2D eigenvalue weighted by Gasteiger charge is 2.35. The van der Waals surface area contributed by atoms with E-state index in [1.54, 1.807) is 24.3 Å². The topological polar surface area (TPSA) is 107 Å². The van der Waals surface area contributed by atoms with Crippen molar-refractivity contribution in [2.45, 2.75) is 45.6 Å². The number of allylic oxidation sites excluding steroid dienone is 2. The van der Waals surface area contributed by atoms with Crippen LogP contribution in [0.4, 0.5) is 0 Å². The summed E-state index contributed by atoms with van der Waals surface area (Å²) in [6, 6.07) is 20.5. The Labute approximate surface area is 239 Å². The molecule has 0 atom stereocenters. The lowest BCUT2D eigenvalue weighted by Gasteiger charge is -2.23. The molecule has 0 unspecified atom stereocenters. The molecule has 1 N–H and O–H groups in total. The number of ether oxygens (including phenoxy) is 2. The molecule has 0 fully saturated rings. The van der Waals surface area contributed by atoms with Gasteiger partial charge in [-0.1, -0.05) is 54.6 Å². The number of phenolic OH excluding ortho intramolecular Hbond substituents is 1. The molecule has 4 aromatic rings. The number of sulfone groups is 2. The van der Waals surface area contributed by atoms with Crippen molar-refractivity contribution in [1.82, 2.24) is 0 Å². The normalized spacial score (nSPS) is 13.0. The molecule has 4 aromatic carbocycles. The lowest BCUT2D eigenvalue weighted by Crippen LogP contribution is -2.15. The van der Waals surface area contributed by atoms with E-state index in [1.165, 1.54) is 42.5 Å². The lowest BCUT2D eigenvalue weighted by molar-refractivity contribution is 0.277. The predicted molar refractivity (Wildman–Crippen MR) is 155 cm³/mol. The Bertz CT molecular complexity index is 1840. The van der Waals surface area contributed by atoms with Crippen LogP contribution in [-0.4, -0.2) is 21.9 Å². The Kier molecular flexibility index (Phi) is 7.75. The van der Waals surface area contributed by atoms with Crippen molar-refractivity contribution in [1.29, 1.82) is 0 Å². The van der Waals surface area contributed by atoms with Crippen LogP contribution in [0.3, 0.4) is 0 Å². The summed E-state index contributed by atoms with van der Waals surface area (Å²) in [5.74, 6) is -0.286. The van der Waals surface area contributed by atoms with Gasteiger partial charge in [-0.2, -0.15) is 0 Å². The van der Waals surface area contributed by atoms with Gasteiger partial charge in [-0.3, -0.25) is 0 Å². The summed E-state index contributed by atoms with van der Waals surface area (Å²) in [5.41, 5.74) is 2.02. The van der Waals surface area contributed by atoms with Crippen LogP contribution in [0.2, 0.25) is 0 Å². The smallest absolute Gasteiger partial charge is 0.210 e. The first kappa shape index (κ1) is 28.2. The Morgan fingerprint density at radius 2 is 1.37 bits per heavy atom. The SMILES string of the molecule is C=CCc1cc(S(=O)(=O)c2c3cc(S(=O)(=O)c4ccccc4)c(c2CC=C)OCc2ccc(cc2)CO3)ccc1O. The number of rotatable bonds is 8. The van der Waals surface area contributed by atoms with Crippen molar-refractivity contribution in [2.24, 2.45) is 0 Å². The molecule has 4 heterocycles. The lowest BCUT2D eigenvalue weighted by atomic mass is 10.1. The van der Waals surface area contributed by atoms with Gasteiger partial charge in [0.15, 0.2) is 0 Å². The predicted octanol–water partition coefficient (Wildman–Crippen LogP) is 5.99. The first-order chi connectivity index (χ1) is 19.7. The van der Waals surface area contributed by atoms with Crippen molar-refractivity contribution < 1.29 is 31.4 Å². The molecule has 7 nitrogen and oxygen atoms in total. The monoisotopic (exact) mass is 588 g/mol. The maximum atomic E-state index is 14.3. The summed E-state index contributed by atoms with van der Waals surface area (Å²) in [6.45, 7) is 7.48. The minimum atomic E-state index is -4.32. The summed E-state index contributed by atoms with van der Waals surface area (Å²) < 4.78 is 68.9. The molecule has 8 rings (SSSR count). The maximum absolute atomic E-state index is 14.3. The molecule has 4 aliphatic heterocycles. The third-order valence-corrected chi connectivity index (χ3v) is 10.4. The number of aromatic hydroxyl groups is 1. The average Bonchev–Trinajstić information content (AvgIpc) is 2.96. The van der Waals surface area contributed by atoms with E-state index in [2.05, 4.69) is 13.2 Å². The fraction of sp³-hybridized carbons (Fsp3) is 0.125. The van der Waals surface area contributed by atoms with E-state index >= 15 is 0 Å². The van der Waals surface area contributed by atoms with Crippen LogP contribution in [-0.2, 0) is 45.7 Å². The van der Waals surface area contributed by atoms with Gasteiger partial charge in [0.05, 0.1) is 9.79 Å². The molecular weight excluding hydrogens is 560 g/mol. The van der Waals surface area contributed by atoms with E-state index < -0.39 is 19.7 Å². The zero-order chi connectivity index (χ0) is 29.2. The van der Waals surface area contributed by atoms with Crippen LogP contribution in [0.25, 0.3) is 0 Å². The minimum absolute atomic E-state index is 0.00134. The Morgan fingerprint density at radius 1 is 0.732 bits per heavy atom. The molecule has 0 saturated heterocycles. The van der Waals surface area contributed by atoms with Crippen molar-refractivity contribution in [3.63, 3.8) is 0 Å². The Hall–Kier alpha value is -4.34. The van der Waals surface area contributed by atoms with Gasteiger partial charge < -0.3 is 14.6 Å². The van der Waals surface area contributed by atoms with Gasteiger partial charge in [0.1, 0.15) is 40.3 Å². The van der Waals surface area contributed by atoms with Gasteiger partial charge in [-0.15, -0.1) is 13.2 Å². The fourth-order valence-electron chi connectivity index (χ4n) is 4.68. The van der Waals surface area contributed by atoms with Crippen LogP contribution in [0, 0.1) is 0 Å². The van der Waals surface area contributed by atoms with E-state index in [9.17, 15) is 21.9 Å². The van der Waals surface area contributed by atoms with E-state index in [1.807, 2.05) is 24.3 Å². The molecule has 41 heavy (non-hydrogen) atoms. The molecule has 9 heteroatoms. The molecule has 0 saturated carbocycles. The van der Waals surface area contributed by atoms with Crippen LogP contribution >= 0.6 is 0 Å². The summed E-state index contributed by atoms with van der Waals surface area (Å²) in [5, 5.41) is 10.3. The highest BCUT2D eigenvalue weighted by molar-refractivity contribution is 7.92. The van der Waals surface area contributed by atoms with E-state index in [0.717, 1.165) is 11.1 Å². The van der Waals surface area contributed by atoms with Gasteiger partial charge in [0, 0.05) is 11.6 Å². The van der Waals surface area contributed by atoms with Gasteiger partial charge >= 0.3 is 0 Å². The van der Waals surface area contributed by atoms with Gasteiger partial charge in [-0.25, -0.2) is 16.8 Å². The first-order valence-electron chi connectivity index (χ1n) is 12.8. The molecular formula is C32H28O7S2. The van der Waals surface area contributed by atoms with Gasteiger partial charge in [-0.05, 0) is 59.9 Å². The largest absolute Gasteiger partial charge is 0.508 e. The zero-order valence-electron chi connectivity index (χ0n) is 22.1. The third kappa shape index (κ3) is 5.38. The summed E-state index contributed by atoms with van der Waals surface area (Å²) in [4.78, 5) is -0.492. The first-order valence-corrected chi connectivity index (χ1v) is 15.8. The van der Waals surface area contributed by atoms with Gasteiger partial charge in [0.2, 0.25) is 19.7 Å². The Morgan fingerprint density at radius 3 is 2.00 bits per heavy atom. The molecule has 4 bridgehead atoms. The molecule has 0 spiro atoms. The Balaban J connectivity index is 1.84. The van der Waals surface area contributed by atoms with Crippen molar-refractivity contribution in [2.75, 3.05) is 0 Å². The summed E-state index contributed by atoms with van der Waals surface area (Å²) in [6.07, 6.45) is 3.27. The van der Waals surface area contributed by atoms with E-state index in [0.29, 0.717) is 5.56 Å². The quantitative estimate of drug-likeness (QED) is 0.252. The second-order valence-electron chi connectivity index (χ2n) is 9.50. The maximum Gasteiger partial charge on any atom is 0.210 e. The fourth-order valence-corrected chi connectivity index (χ4v) is 7.80.